The van der Waals surface area contributed by atoms with Gasteiger partial charge in [-0.05, 0) is 24.7 Å². The standard InChI is InChI=1S/C20H29F3N2O7.2C2H6.CH5P.2Y/c1-6-11(2)12(3)14-7-8-15(31-14)25(10-26)9-13(17(27)24-4)16(18(28)30-5)32-19(29)20(21,22)23;3*1-2;;/h9-12,14-16H,6-8H2,1-5H3,(H,24,27);2*1-2H3;2H2,1H3;;/b13-9-;;;;;/t11?,12?,14?,15-,16?;;;;;/m1...../s1. The molecule has 0 aliphatic carbocycles. The van der Waals surface area contributed by atoms with Crippen molar-refractivity contribution in [2.45, 2.75) is 92.3 Å². The Morgan fingerprint density at radius 2 is 1.60 bits per heavy atom. The van der Waals surface area contributed by atoms with Crippen LogP contribution in [0, 0.1) is 11.8 Å². The van der Waals surface area contributed by atoms with Crippen LogP contribution in [0.4, 0.5) is 13.2 Å². The van der Waals surface area contributed by atoms with Gasteiger partial charge in [0.1, 0.15) is 6.23 Å². The van der Waals surface area contributed by atoms with Crippen LogP contribution in [0.5, 0.6) is 0 Å². The molecule has 0 aromatic heterocycles. The van der Waals surface area contributed by atoms with Gasteiger partial charge in [0.15, 0.2) is 0 Å². The maximum absolute atomic E-state index is 12.7. The van der Waals surface area contributed by atoms with Gasteiger partial charge in [-0.15, -0.1) is 9.24 Å². The van der Waals surface area contributed by atoms with Crippen LogP contribution in [0.15, 0.2) is 11.8 Å². The summed E-state index contributed by atoms with van der Waals surface area (Å²) in [5, 5.41) is 2.14. The van der Waals surface area contributed by atoms with E-state index in [4.69, 9.17) is 4.74 Å². The molecule has 2 amide bonds. The van der Waals surface area contributed by atoms with Gasteiger partial charge in [0.05, 0.1) is 18.8 Å². The smallest absolute Gasteiger partial charge is 0.466 e. The summed E-state index contributed by atoms with van der Waals surface area (Å²) in [5.74, 6) is -4.65. The van der Waals surface area contributed by atoms with Crippen LogP contribution in [0.2, 0.25) is 0 Å². The minimum Gasteiger partial charge on any atom is -0.466 e. The number of carbonyl (C=O) groups is 4. The van der Waals surface area contributed by atoms with E-state index >= 15 is 0 Å². The van der Waals surface area contributed by atoms with Gasteiger partial charge in [0.25, 0.3) is 5.91 Å². The monoisotopic (exact) mass is 752 g/mol. The fourth-order valence-corrected chi connectivity index (χ4v) is 3.24. The number of likely N-dealkylation sites (N-methyl/N-ethyl adjacent to an activating group) is 1. The first kappa shape index (κ1) is 49.7. The van der Waals surface area contributed by atoms with E-state index in [1.807, 2.05) is 48.2 Å². The molecule has 1 aliphatic rings. The van der Waals surface area contributed by atoms with Gasteiger partial charge in [0, 0.05) is 78.7 Å². The molecule has 0 spiro atoms. The van der Waals surface area contributed by atoms with Crippen LogP contribution in [0.3, 0.4) is 0 Å². The Morgan fingerprint density at radius 3 is 1.98 bits per heavy atom. The van der Waals surface area contributed by atoms with E-state index in [0.717, 1.165) is 31.7 Å². The van der Waals surface area contributed by atoms with Crippen molar-refractivity contribution in [3.05, 3.63) is 11.8 Å². The first-order valence-electron chi connectivity index (χ1n) is 12.7. The molecule has 0 aromatic rings. The summed E-state index contributed by atoms with van der Waals surface area (Å²) in [6.45, 7) is 16.0. The summed E-state index contributed by atoms with van der Waals surface area (Å²) in [6, 6.07) is 0. The minimum absolute atomic E-state index is 0. The van der Waals surface area contributed by atoms with Crippen molar-refractivity contribution in [2.75, 3.05) is 20.8 Å². The van der Waals surface area contributed by atoms with Gasteiger partial charge in [-0.2, -0.15) is 13.2 Å². The third-order valence-electron chi connectivity index (χ3n) is 5.54. The fraction of sp³-hybridized carbons (Fsp3) is 0.760. The maximum atomic E-state index is 12.7. The SMILES string of the molecule is CC.CC.CCC(C)C(C)C1CC[C@H](N(C=O)/C=C(\C(=O)NC)C(OC(=O)C(F)(F)F)C(=O)OC)O1.CP.[Y].[Y]. The molecule has 2 radical (unpaired) electrons. The topological polar surface area (TPSA) is 111 Å². The van der Waals surface area contributed by atoms with Gasteiger partial charge in [-0.1, -0.05) is 61.6 Å². The number of alkyl halides is 3. The van der Waals surface area contributed by atoms with E-state index in [2.05, 4.69) is 31.0 Å². The molecule has 6 atom stereocenters. The number of nitrogens with zero attached hydrogens (tertiary/aromatic N) is 1. The maximum Gasteiger partial charge on any atom is 0.490 e. The minimum atomic E-state index is -5.42. The van der Waals surface area contributed by atoms with Crippen LogP contribution in [0.25, 0.3) is 0 Å². The van der Waals surface area contributed by atoms with Crippen molar-refractivity contribution < 1.29 is 112 Å². The van der Waals surface area contributed by atoms with E-state index in [-0.39, 0.29) is 77.4 Å². The number of esters is 2. The van der Waals surface area contributed by atoms with E-state index in [1.54, 1.807) is 0 Å². The summed E-state index contributed by atoms with van der Waals surface area (Å²) >= 11 is 0. The second kappa shape index (κ2) is 27.8. The molecule has 1 rings (SSSR count). The first-order chi connectivity index (χ1) is 17.9. The molecule has 0 saturated carbocycles. The molecule has 1 aliphatic heterocycles. The molecule has 5 unspecified atom stereocenters. The summed E-state index contributed by atoms with van der Waals surface area (Å²) in [4.78, 5) is 48.3. The third-order valence-corrected chi connectivity index (χ3v) is 5.54. The Kier molecular flexibility index (Phi) is 34.5. The van der Waals surface area contributed by atoms with Gasteiger partial charge < -0.3 is 19.5 Å². The largest absolute Gasteiger partial charge is 0.490 e. The van der Waals surface area contributed by atoms with Gasteiger partial charge in [-0.25, -0.2) is 9.59 Å². The van der Waals surface area contributed by atoms with Crippen LogP contribution >= 0.6 is 9.24 Å². The average molecular weight is 752 g/mol. The second-order valence-electron chi connectivity index (χ2n) is 7.47. The van der Waals surface area contributed by atoms with Crippen LogP contribution in [0.1, 0.15) is 67.7 Å². The molecular weight excluding hydrogens is 706 g/mol. The number of amides is 2. The van der Waals surface area contributed by atoms with E-state index in [1.165, 1.54) is 0 Å². The fourth-order valence-electron chi connectivity index (χ4n) is 3.24. The number of carbonyl (C=O) groups excluding carboxylic acids is 4. The van der Waals surface area contributed by atoms with Gasteiger partial charge >= 0.3 is 18.1 Å². The number of rotatable bonds is 10. The van der Waals surface area contributed by atoms with Crippen molar-refractivity contribution in [1.82, 2.24) is 10.2 Å². The molecule has 0 aromatic carbocycles. The molecule has 230 valence electrons. The zero-order valence-electron chi connectivity index (χ0n) is 25.3. The van der Waals surface area contributed by atoms with Crippen molar-refractivity contribution in [3.63, 3.8) is 0 Å². The molecule has 9 nitrogen and oxygen atoms in total. The molecule has 1 N–H and O–H groups in total. The van der Waals surface area contributed by atoms with Crippen molar-refractivity contribution in [3.8, 4) is 0 Å². The molecule has 1 saturated heterocycles. The van der Waals surface area contributed by atoms with Crippen LogP contribution < -0.4 is 5.32 Å². The zero-order chi connectivity index (χ0) is 30.6. The van der Waals surface area contributed by atoms with Gasteiger partial charge in [0.2, 0.25) is 12.5 Å². The van der Waals surface area contributed by atoms with Crippen molar-refractivity contribution >= 4 is 33.5 Å². The van der Waals surface area contributed by atoms with E-state index in [9.17, 15) is 32.3 Å². The Hall–Kier alpha value is 0.00779. The number of hydrogen-bond donors (Lipinski definition) is 1. The Bertz CT molecular complexity index is 748. The van der Waals surface area contributed by atoms with Gasteiger partial charge in [-0.3, -0.25) is 14.5 Å². The average Bonchev–Trinajstić information content (AvgIpc) is 3.43. The predicted octanol–water partition coefficient (Wildman–Crippen LogP) is 4.45. The summed E-state index contributed by atoms with van der Waals surface area (Å²) in [6.07, 6.45) is -5.68. The molecule has 15 heteroatoms. The number of halogens is 3. The predicted molar refractivity (Wildman–Crippen MR) is 143 cm³/mol. The number of ether oxygens (including phenoxy) is 3. The third kappa shape index (κ3) is 17.2. The second-order valence-corrected chi connectivity index (χ2v) is 7.47. The Balaban J connectivity index is -0.000000476. The normalized spacial score (nSPS) is 17.9. The zero-order valence-corrected chi connectivity index (χ0v) is 32.2. The van der Waals surface area contributed by atoms with Crippen LogP contribution in [-0.2, 0) is 98.8 Å². The number of methoxy groups -OCH3 is 1. The summed E-state index contributed by atoms with van der Waals surface area (Å²) < 4.78 is 52.6. The molecule has 1 fully saturated rings. The number of nitrogens with one attached hydrogen (secondary N) is 1. The Labute approximate surface area is 290 Å². The quantitative estimate of drug-likeness (QED) is 0.152. The first-order valence-corrected chi connectivity index (χ1v) is 13.8. The number of hydrogen-bond acceptors (Lipinski definition) is 7. The molecule has 0 bridgehead atoms. The van der Waals surface area contributed by atoms with E-state index in [0.29, 0.717) is 25.2 Å². The molecule has 40 heavy (non-hydrogen) atoms. The van der Waals surface area contributed by atoms with Crippen molar-refractivity contribution in [1.29, 1.82) is 0 Å². The summed E-state index contributed by atoms with van der Waals surface area (Å²) in [7, 11) is 4.41. The molecular formula is C25H46F3N2O7PY2. The molecule has 1 heterocycles. The van der Waals surface area contributed by atoms with E-state index < -0.39 is 41.9 Å². The van der Waals surface area contributed by atoms with Crippen molar-refractivity contribution in [2.24, 2.45) is 11.8 Å². The van der Waals surface area contributed by atoms with Crippen LogP contribution in [-0.4, -0.2) is 74.6 Å². The summed E-state index contributed by atoms with van der Waals surface area (Å²) in [5.41, 5.74) is -0.730. The Morgan fingerprint density at radius 1 is 1.10 bits per heavy atom.